The lowest BCUT2D eigenvalue weighted by Crippen LogP contribution is -1.91. The van der Waals surface area contributed by atoms with Gasteiger partial charge in [0.15, 0.2) is 12.1 Å². The minimum Gasteiger partial charge on any atom is -0.382 e. The molecule has 1 aliphatic carbocycles. The number of anilines is 1. The van der Waals surface area contributed by atoms with E-state index in [0.29, 0.717) is 17.3 Å². The van der Waals surface area contributed by atoms with Crippen molar-refractivity contribution in [2.75, 3.05) is 5.73 Å². The zero-order valence-electron chi connectivity index (χ0n) is 6.00. The van der Waals surface area contributed by atoms with Gasteiger partial charge in [0.1, 0.15) is 0 Å². The first-order valence-electron chi connectivity index (χ1n) is 3.62. The lowest BCUT2D eigenvalue weighted by molar-refractivity contribution is 0.112. The molecule has 3 N–H and O–H groups in total. The van der Waals surface area contributed by atoms with E-state index in [-0.39, 0.29) is 0 Å². The second-order valence-electron chi connectivity index (χ2n) is 2.83. The Balaban J connectivity index is 2.44. The van der Waals surface area contributed by atoms with Crippen molar-refractivity contribution in [3.8, 4) is 0 Å². The maximum atomic E-state index is 10.5. The Morgan fingerprint density at radius 2 is 2.36 bits per heavy atom. The van der Waals surface area contributed by atoms with Crippen LogP contribution in [0.4, 0.5) is 5.82 Å². The van der Waals surface area contributed by atoms with Crippen LogP contribution in [0.5, 0.6) is 0 Å². The number of aromatic amines is 1. The van der Waals surface area contributed by atoms with Gasteiger partial charge in [-0.3, -0.25) is 9.89 Å². The van der Waals surface area contributed by atoms with Crippen LogP contribution in [0.25, 0.3) is 0 Å². The summed E-state index contributed by atoms with van der Waals surface area (Å²) in [7, 11) is 0. The van der Waals surface area contributed by atoms with Gasteiger partial charge in [0.05, 0.1) is 11.3 Å². The number of aromatic nitrogens is 2. The van der Waals surface area contributed by atoms with Gasteiger partial charge in [0.25, 0.3) is 0 Å². The second kappa shape index (κ2) is 2.08. The van der Waals surface area contributed by atoms with E-state index in [4.69, 9.17) is 5.73 Å². The van der Waals surface area contributed by atoms with Crippen molar-refractivity contribution in [2.45, 2.75) is 18.8 Å². The summed E-state index contributed by atoms with van der Waals surface area (Å²) in [5.74, 6) is 0.821. The van der Waals surface area contributed by atoms with Crippen LogP contribution < -0.4 is 5.73 Å². The van der Waals surface area contributed by atoms with Crippen LogP contribution in [0.3, 0.4) is 0 Å². The molecule has 0 bridgehead atoms. The fourth-order valence-corrected chi connectivity index (χ4v) is 1.19. The molecule has 0 amide bonds. The number of H-pyrrole nitrogens is 1. The molecule has 0 unspecified atom stereocenters. The molecule has 11 heavy (non-hydrogen) atoms. The predicted molar refractivity (Wildman–Crippen MR) is 40.4 cm³/mol. The Kier molecular flexibility index (Phi) is 1.21. The van der Waals surface area contributed by atoms with E-state index in [0.717, 1.165) is 24.8 Å². The predicted octanol–water partition coefficient (Wildman–Crippen LogP) is 0.682. The van der Waals surface area contributed by atoms with Gasteiger partial charge < -0.3 is 5.73 Å². The average molecular weight is 151 g/mol. The van der Waals surface area contributed by atoms with Crippen LogP contribution in [0.2, 0.25) is 0 Å². The maximum Gasteiger partial charge on any atom is 0.156 e. The Hall–Kier alpha value is -1.32. The molecule has 0 aromatic carbocycles. The maximum absolute atomic E-state index is 10.5. The van der Waals surface area contributed by atoms with E-state index < -0.39 is 0 Å². The Morgan fingerprint density at radius 1 is 1.64 bits per heavy atom. The third-order valence-corrected chi connectivity index (χ3v) is 1.97. The summed E-state index contributed by atoms with van der Waals surface area (Å²) < 4.78 is 0. The molecule has 2 rings (SSSR count). The molecule has 0 atom stereocenters. The average Bonchev–Trinajstić information content (AvgIpc) is 2.76. The van der Waals surface area contributed by atoms with E-state index in [1.165, 1.54) is 0 Å². The molecule has 4 heteroatoms. The van der Waals surface area contributed by atoms with E-state index in [9.17, 15) is 4.79 Å². The largest absolute Gasteiger partial charge is 0.382 e. The van der Waals surface area contributed by atoms with Crippen LogP contribution in [0, 0.1) is 0 Å². The van der Waals surface area contributed by atoms with Gasteiger partial charge in [-0.15, -0.1) is 0 Å². The minimum atomic E-state index is 0.321. The van der Waals surface area contributed by atoms with Gasteiger partial charge in [-0.05, 0) is 12.8 Å². The second-order valence-corrected chi connectivity index (χ2v) is 2.83. The van der Waals surface area contributed by atoms with Crippen LogP contribution in [-0.4, -0.2) is 16.5 Å². The molecule has 0 radical (unpaired) electrons. The highest BCUT2D eigenvalue weighted by atomic mass is 16.1. The molecule has 58 valence electrons. The van der Waals surface area contributed by atoms with Gasteiger partial charge in [-0.25, -0.2) is 0 Å². The first kappa shape index (κ1) is 6.39. The number of hydrogen-bond donors (Lipinski definition) is 2. The number of nitrogens with zero attached hydrogens (tertiary/aromatic N) is 1. The number of aldehydes is 1. The summed E-state index contributed by atoms with van der Waals surface area (Å²) in [4.78, 5) is 10.5. The van der Waals surface area contributed by atoms with E-state index in [1.807, 2.05) is 0 Å². The molecule has 1 fully saturated rings. The zero-order valence-corrected chi connectivity index (χ0v) is 6.00. The van der Waals surface area contributed by atoms with Gasteiger partial charge in [-0.1, -0.05) is 0 Å². The Labute approximate surface area is 63.8 Å². The topological polar surface area (TPSA) is 71.8 Å². The monoisotopic (exact) mass is 151 g/mol. The fourth-order valence-electron chi connectivity index (χ4n) is 1.19. The van der Waals surface area contributed by atoms with Gasteiger partial charge >= 0.3 is 0 Å². The number of nitrogens with one attached hydrogen (secondary N) is 1. The fraction of sp³-hybridized carbons (Fsp3) is 0.429. The summed E-state index contributed by atoms with van der Waals surface area (Å²) in [6.07, 6.45) is 3.05. The molecule has 1 heterocycles. The third kappa shape index (κ3) is 0.906. The molecular formula is C7H9N3O. The summed E-state index contributed by atoms with van der Waals surface area (Å²) in [6.45, 7) is 0. The number of carbonyl (C=O) groups excluding carboxylic acids is 1. The first-order chi connectivity index (χ1) is 5.33. The summed E-state index contributed by atoms with van der Waals surface area (Å²) >= 11 is 0. The van der Waals surface area contributed by atoms with Crippen LogP contribution >= 0.6 is 0 Å². The standard InChI is InChI=1S/C7H9N3O/c8-7-5(3-11)6(9-10-7)4-1-2-4/h3-4H,1-2H2,(H3,8,9,10). The summed E-state index contributed by atoms with van der Waals surface area (Å²) in [6, 6.07) is 0. The molecule has 0 spiro atoms. The van der Waals surface area contributed by atoms with Crippen molar-refractivity contribution in [2.24, 2.45) is 0 Å². The molecule has 1 aliphatic rings. The smallest absolute Gasteiger partial charge is 0.156 e. The quantitative estimate of drug-likeness (QED) is 0.610. The van der Waals surface area contributed by atoms with Gasteiger partial charge in [0, 0.05) is 5.92 Å². The lowest BCUT2D eigenvalue weighted by Gasteiger charge is -1.90. The highest BCUT2D eigenvalue weighted by Gasteiger charge is 2.28. The van der Waals surface area contributed by atoms with E-state index >= 15 is 0 Å². The molecular weight excluding hydrogens is 142 g/mol. The van der Waals surface area contributed by atoms with E-state index in [1.54, 1.807) is 0 Å². The number of rotatable bonds is 2. The highest BCUT2D eigenvalue weighted by Crippen LogP contribution is 2.40. The molecule has 1 saturated carbocycles. The van der Waals surface area contributed by atoms with Crippen molar-refractivity contribution in [3.05, 3.63) is 11.3 Å². The Bertz CT molecular complexity index is 288. The molecule has 4 nitrogen and oxygen atoms in total. The molecule has 1 aromatic rings. The van der Waals surface area contributed by atoms with E-state index in [2.05, 4.69) is 10.2 Å². The highest BCUT2D eigenvalue weighted by molar-refractivity contribution is 5.83. The molecule has 1 aromatic heterocycles. The number of nitrogen functional groups attached to an aromatic ring is 1. The zero-order chi connectivity index (χ0) is 7.84. The number of hydrogen-bond acceptors (Lipinski definition) is 3. The molecule has 0 aliphatic heterocycles. The van der Waals surface area contributed by atoms with Crippen molar-refractivity contribution >= 4 is 12.1 Å². The number of carbonyl (C=O) groups is 1. The van der Waals surface area contributed by atoms with Crippen LogP contribution in [0.1, 0.15) is 34.8 Å². The molecule has 0 saturated heterocycles. The summed E-state index contributed by atoms with van der Waals surface area (Å²) in [5, 5.41) is 6.55. The first-order valence-corrected chi connectivity index (χ1v) is 3.62. The number of nitrogens with two attached hydrogens (primary N) is 1. The third-order valence-electron chi connectivity index (χ3n) is 1.97. The van der Waals surface area contributed by atoms with Crippen molar-refractivity contribution in [3.63, 3.8) is 0 Å². The summed E-state index contributed by atoms with van der Waals surface area (Å²) in [5.41, 5.74) is 6.91. The van der Waals surface area contributed by atoms with Crippen molar-refractivity contribution in [1.29, 1.82) is 0 Å². The van der Waals surface area contributed by atoms with Crippen molar-refractivity contribution in [1.82, 2.24) is 10.2 Å². The van der Waals surface area contributed by atoms with Crippen LogP contribution in [-0.2, 0) is 0 Å². The normalized spacial score (nSPS) is 16.7. The van der Waals surface area contributed by atoms with Crippen molar-refractivity contribution < 1.29 is 4.79 Å². The lowest BCUT2D eigenvalue weighted by atomic mass is 10.2. The van der Waals surface area contributed by atoms with Gasteiger partial charge in [-0.2, -0.15) is 5.10 Å². The minimum absolute atomic E-state index is 0.321. The SMILES string of the molecule is Nc1n[nH]c(C2CC2)c1C=O. The Morgan fingerprint density at radius 3 is 2.91 bits per heavy atom. The van der Waals surface area contributed by atoms with Gasteiger partial charge in [0.2, 0.25) is 0 Å². The van der Waals surface area contributed by atoms with Crippen LogP contribution in [0.15, 0.2) is 0 Å².